The number of hydrogen-bond acceptors (Lipinski definition) is 6. The van der Waals surface area contributed by atoms with Gasteiger partial charge in [0, 0.05) is 5.69 Å². The maximum atomic E-state index is 12.2. The minimum atomic E-state index is -3.60. The third-order valence-corrected chi connectivity index (χ3v) is 4.58. The number of esters is 1. The molecule has 0 unspecified atom stereocenters. The van der Waals surface area contributed by atoms with E-state index in [0.717, 1.165) is 10.6 Å². The van der Waals surface area contributed by atoms with Crippen molar-refractivity contribution in [2.75, 3.05) is 24.7 Å². The standard InChI is InChI=1S/C17H20N2O6S/c1-3-24-17(21)13-6-8-14(9-7-13)18-16(20)12-19(26(2,22)23)11-15-5-4-10-25-15/h4-10H,3,11-12H2,1-2H3,(H,18,20). The van der Waals surface area contributed by atoms with E-state index in [4.69, 9.17) is 9.15 Å². The molecule has 2 aromatic rings. The van der Waals surface area contributed by atoms with Crippen LogP contribution in [0.2, 0.25) is 0 Å². The van der Waals surface area contributed by atoms with E-state index in [1.807, 2.05) is 0 Å². The Hall–Kier alpha value is -2.65. The summed E-state index contributed by atoms with van der Waals surface area (Å²) in [6.07, 6.45) is 2.46. The SMILES string of the molecule is CCOC(=O)c1ccc(NC(=O)CN(Cc2ccco2)S(C)(=O)=O)cc1. The van der Waals surface area contributed by atoms with Crippen LogP contribution < -0.4 is 5.32 Å². The molecule has 0 fully saturated rings. The van der Waals surface area contributed by atoms with Crippen LogP contribution in [0, 0.1) is 0 Å². The van der Waals surface area contributed by atoms with Crippen LogP contribution in [0.1, 0.15) is 23.0 Å². The van der Waals surface area contributed by atoms with E-state index in [1.165, 1.54) is 18.4 Å². The van der Waals surface area contributed by atoms with Gasteiger partial charge in [0.2, 0.25) is 15.9 Å². The molecule has 0 bridgehead atoms. The van der Waals surface area contributed by atoms with Crippen LogP contribution in [0.25, 0.3) is 0 Å². The van der Waals surface area contributed by atoms with Crippen LogP contribution in [-0.2, 0) is 26.1 Å². The number of rotatable bonds is 8. The molecular formula is C17H20N2O6S. The Morgan fingerprint density at radius 1 is 1.19 bits per heavy atom. The van der Waals surface area contributed by atoms with Gasteiger partial charge in [-0.15, -0.1) is 0 Å². The van der Waals surface area contributed by atoms with Gasteiger partial charge in [0.15, 0.2) is 0 Å². The van der Waals surface area contributed by atoms with Crippen LogP contribution in [0.4, 0.5) is 5.69 Å². The fourth-order valence-corrected chi connectivity index (χ4v) is 2.85. The summed E-state index contributed by atoms with van der Waals surface area (Å²) in [7, 11) is -3.60. The molecule has 0 aliphatic rings. The summed E-state index contributed by atoms with van der Waals surface area (Å²) >= 11 is 0. The quantitative estimate of drug-likeness (QED) is 0.701. The predicted molar refractivity (Wildman–Crippen MR) is 95.0 cm³/mol. The Balaban J connectivity index is 2.00. The second-order valence-corrected chi connectivity index (χ2v) is 7.44. The Kier molecular flexibility index (Phi) is 6.53. The lowest BCUT2D eigenvalue weighted by Crippen LogP contribution is -2.36. The molecule has 1 amide bonds. The first kappa shape index (κ1) is 19.7. The summed E-state index contributed by atoms with van der Waals surface area (Å²) < 4.78 is 34.8. The van der Waals surface area contributed by atoms with Crippen LogP contribution >= 0.6 is 0 Å². The van der Waals surface area contributed by atoms with Gasteiger partial charge in [-0.25, -0.2) is 13.2 Å². The highest BCUT2D eigenvalue weighted by atomic mass is 32.2. The van der Waals surface area contributed by atoms with Gasteiger partial charge in [0.1, 0.15) is 5.76 Å². The molecule has 1 N–H and O–H groups in total. The van der Waals surface area contributed by atoms with Crippen molar-refractivity contribution < 1.29 is 27.2 Å². The normalized spacial score (nSPS) is 11.3. The molecule has 0 aliphatic heterocycles. The number of carbonyl (C=O) groups excluding carboxylic acids is 2. The number of ether oxygens (including phenoxy) is 1. The van der Waals surface area contributed by atoms with Gasteiger partial charge >= 0.3 is 5.97 Å². The van der Waals surface area contributed by atoms with Gasteiger partial charge in [0.05, 0.1) is 37.8 Å². The number of sulfonamides is 1. The maximum absolute atomic E-state index is 12.2. The molecule has 0 aliphatic carbocycles. The van der Waals surface area contributed by atoms with Crippen LogP contribution in [-0.4, -0.2) is 44.0 Å². The monoisotopic (exact) mass is 380 g/mol. The van der Waals surface area contributed by atoms with Crippen molar-refractivity contribution in [3.05, 3.63) is 54.0 Å². The van der Waals surface area contributed by atoms with Gasteiger partial charge in [-0.1, -0.05) is 0 Å². The maximum Gasteiger partial charge on any atom is 0.338 e. The summed E-state index contributed by atoms with van der Waals surface area (Å²) in [6.45, 7) is 1.58. The minimum Gasteiger partial charge on any atom is -0.468 e. The molecule has 8 nitrogen and oxygen atoms in total. The Morgan fingerprint density at radius 3 is 2.42 bits per heavy atom. The molecule has 1 heterocycles. The Bertz CT molecular complexity index is 844. The largest absolute Gasteiger partial charge is 0.468 e. The summed E-state index contributed by atoms with van der Waals surface area (Å²) in [4.78, 5) is 23.8. The highest BCUT2D eigenvalue weighted by molar-refractivity contribution is 7.88. The van der Waals surface area contributed by atoms with Crippen LogP contribution in [0.3, 0.4) is 0 Å². The summed E-state index contributed by atoms with van der Waals surface area (Å²) in [5.74, 6) is -0.528. The van der Waals surface area contributed by atoms with Gasteiger partial charge in [0.25, 0.3) is 0 Å². The van der Waals surface area contributed by atoms with Crippen molar-refractivity contribution in [1.29, 1.82) is 0 Å². The van der Waals surface area contributed by atoms with E-state index < -0.39 is 21.9 Å². The zero-order valence-corrected chi connectivity index (χ0v) is 15.3. The lowest BCUT2D eigenvalue weighted by Gasteiger charge is -2.18. The fraction of sp³-hybridized carbons (Fsp3) is 0.294. The molecule has 2 rings (SSSR count). The topological polar surface area (TPSA) is 106 Å². The number of furan rings is 1. The molecule has 0 saturated carbocycles. The van der Waals surface area contributed by atoms with Gasteiger partial charge in [-0.3, -0.25) is 4.79 Å². The third kappa shape index (κ3) is 5.71. The minimum absolute atomic E-state index is 0.0406. The highest BCUT2D eigenvalue weighted by Gasteiger charge is 2.21. The number of benzene rings is 1. The second-order valence-electron chi connectivity index (χ2n) is 5.46. The van der Waals surface area contributed by atoms with Gasteiger partial charge in [-0.05, 0) is 43.3 Å². The zero-order chi connectivity index (χ0) is 19.2. The number of amides is 1. The van der Waals surface area contributed by atoms with E-state index >= 15 is 0 Å². The highest BCUT2D eigenvalue weighted by Crippen LogP contribution is 2.12. The number of carbonyl (C=O) groups is 2. The van der Waals surface area contributed by atoms with Crippen molar-refractivity contribution in [3.8, 4) is 0 Å². The van der Waals surface area contributed by atoms with Crippen LogP contribution in [0.15, 0.2) is 47.1 Å². The van der Waals surface area contributed by atoms with E-state index in [1.54, 1.807) is 31.2 Å². The number of hydrogen-bond donors (Lipinski definition) is 1. The first-order valence-corrected chi connectivity index (χ1v) is 9.69. The van der Waals surface area contributed by atoms with Crippen molar-refractivity contribution in [2.45, 2.75) is 13.5 Å². The molecule has 140 valence electrons. The van der Waals surface area contributed by atoms with E-state index in [0.29, 0.717) is 17.0 Å². The molecule has 9 heteroatoms. The smallest absolute Gasteiger partial charge is 0.338 e. The number of anilines is 1. The Morgan fingerprint density at radius 2 is 1.88 bits per heavy atom. The second kappa shape index (κ2) is 8.63. The summed E-state index contributed by atoms with van der Waals surface area (Å²) in [5.41, 5.74) is 0.801. The fourth-order valence-electron chi connectivity index (χ4n) is 2.13. The van der Waals surface area contributed by atoms with Crippen LogP contribution in [0.5, 0.6) is 0 Å². The molecule has 0 spiro atoms. The average Bonchev–Trinajstić information content (AvgIpc) is 3.07. The van der Waals surface area contributed by atoms with E-state index in [9.17, 15) is 18.0 Å². The third-order valence-electron chi connectivity index (χ3n) is 3.38. The van der Waals surface area contributed by atoms with Gasteiger partial charge in [-0.2, -0.15) is 4.31 Å². The van der Waals surface area contributed by atoms with E-state index in [2.05, 4.69) is 5.32 Å². The van der Waals surface area contributed by atoms with E-state index in [-0.39, 0.29) is 19.7 Å². The van der Waals surface area contributed by atoms with Crippen molar-refractivity contribution >= 4 is 27.6 Å². The zero-order valence-electron chi connectivity index (χ0n) is 14.5. The molecule has 0 saturated heterocycles. The molecule has 1 aromatic heterocycles. The Labute approximate surface area is 151 Å². The predicted octanol–water partition coefficient (Wildman–Crippen LogP) is 1.86. The summed E-state index contributed by atoms with van der Waals surface area (Å²) in [6, 6.07) is 9.39. The lowest BCUT2D eigenvalue weighted by molar-refractivity contribution is -0.116. The molecule has 26 heavy (non-hydrogen) atoms. The number of nitrogens with one attached hydrogen (secondary N) is 1. The summed E-state index contributed by atoms with van der Waals surface area (Å²) in [5, 5.41) is 2.59. The first-order chi connectivity index (χ1) is 12.3. The van der Waals surface area contributed by atoms with Crippen molar-refractivity contribution in [1.82, 2.24) is 4.31 Å². The molecular weight excluding hydrogens is 360 g/mol. The average molecular weight is 380 g/mol. The molecule has 0 radical (unpaired) electrons. The first-order valence-electron chi connectivity index (χ1n) is 7.84. The number of nitrogens with zero attached hydrogens (tertiary/aromatic N) is 1. The van der Waals surface area contributed by atoms with Crippen molar-refractivity contribution in [3.63, 3.8) is 0 Å². The van der Waals surface area contributed by atoms with Crippen molar-refractivity contribution in [2.24, 2.45) is 0 Å². The van der Waals surface area contributed by atoms with Gasteiger partial charge < -0.3 is 14.5 Å². The molecule has 1 aromatic carbocycles. The lowest BCUT2D eigenvalue weighted by atomic mass is 10.2. The molecule has 0 atom stereocenters.